The zero-order chi connectivity index (χ0) is 17.9. The molecule has 0 unspecified atom stereocenters. The maximum atomic E-state index is 12.2. The van der Waals surface area contributed by atoms with Crippen molar-refractivity contribution in [1.29, 1.82) is 0 Å². The van der Waals surface area contributed by atoms with Gasteiger partial charge in [0.2, 0.25) is 5.13 Å². The molecule has 0 amide bonds. The molecule has 0 fully saturated rings. The predicted molar refractivity (Wildman–Crippen MR) is 109 cm³/mol. The Kier molecular flexibility index (Phi) is 4.64. The number of thiazole rings is 1. The molecule has 2 aromatic heterocycles. The second kappa shape index (κ2) is 7.23. The fraction of sp³-hybridized carbons (Fsp3) is 0. The van der Waals surface area contributed by atoms with Gasteiger partial charge in [0.05, 0.1) is 17.5 Å². The SMILES string of the molecule is O=c1oc2ccccc2cc1-c1csc(N/N=C/c2cccc(Br)c2)n1. The Balaban J connectivity index is 1.56. The summed E-state index contributed by atoms with van der Waals surface area (Å²) in [6.07, 6.45) is 1.70. The largest absolute Gasteiger partial charge is 0.422 e. The number of hydrazone groups is 1. The third kappa shape index (κ3) is 3.58. The molecule has 4 rings (SSSR count). The van der Waals surface area contributed by atoms with E-state index in [0.29, 0.717) is 22.0 Å². The van der Waals surface area contributed by atoms with E-state index in [1.807, 2.05) is 42.5 Å². The maximum absolute atomic E-state index is 12.2. The van der Waals surface area contributed by atoms with Crippen molar-refractivity contribution in [2.45, 2.75) is 0 Å². The van der Waals surface area contributed by atoms with Gasteiger partial charge < -0.3 is 4.42 Å². The molecule has 128 valence electrons. The van der Waals surface area contributed by atoms with Crippen LogP contribution in [0.2, 0.25) is 0 Å². The van der Waals surface area contributed by atoms with Crippen LogP contribution in [0.4, 0.5) is 5.13 Å². The molecule has 0 atom stereocenters. The van der Waals surface area contributed by atoms with Crippen LogP contribution < -0.4 is 11.1 Å². The Labute approximate surface area is 161 Å². The molecule has 0 bridgehead atoms. The summed E-state index contributed by atoms with van der Waals surface area (Å²) in [5, 5.41) is 7.44. The summed E-state index contributed by atoms with van der Waals surface area (Å²) in [5.41, 5.74) is 5.00. The highest BCUT2D eigenvalue weighted by Crippen LogP contribution is 2.25. The van der Waals surface area contributed by atoms with Crippen LogP contribution in [0.15, 0.2) is 78.8 Å². The summed E-state index contributed by atoms with van der Waals surface area (Å²) in [6.45, 7) is 0. The van der Waals surface area contributed by atoms with Crippen molar-refractivity contribution in [3.8, 4) is 11.3 Å². The van der Waals surface area contributed by atoms with Gasteiger partial charge in [0, 0.05) is 15.2 Å². The number of hydrogen-bond acceptors (Lipinski definition) is 6. The maximum Gasteiger partial charge on any atom is 0.345 e. The van der Waals surface area contributed by atoms with Gasteiger partial charge in [-0.2, -0.15) is 5.10 Å². The number of para-hydroxylation sites is 1. The number of aromatic nitrogens is 1. The van der Waals surface area contributed by atoms with Gasteiger partial charge in [-0.1, -0.05) is 46.3 Å². The average molecular weight is 426 g/mol. The van der Waals surface area contributed by atoms with Gasteiger partial charge in [0.25, 0.3) is 0 Å². The number of fused-ring (bicyclic) bond motifs is 1. The fourth-order valence-corrected chi connectivity index (χ4v) is 3.51. The molecule has 5 nitrogen and oxygen atoms in total. The molecule has 0 aliphatic heterocycles. The molecular weight excluding hydrogens is 414 g/mol. The number of halogens is 1. The Bertz CT molecular complexity index is 1170. The van der Waals surface area contributed by atoms with Crippen LogP contribution in [0.1, 0.15) is 5.56 Å². The van der Waals surface area contributed by atoms with Crippen LogP contribution in [-0.2, 0) is 0 Å². The molecule has 7 heteroatoms. The minimum Gasteiger partial charge on any atom is -0.422 e. The zero-order valence-electron chi connectivity index (χ0n) is 13.3. The van der Waals surface area contributed by atoms with Crippen molar-refractivity contribution in [1.82, 2.24) is 4.98 Å². The molecule has 2 heterocycles. The zero-order valence-corrected chi connectivity index (χ0v) is 15.8. The van der Waals surface area contributed by atoms with Crippen molar-refractivity contribution in [2.75, 3.05) is 5.43 Å². The van der Waals surface area contributed by atoms with E-state index >= 15 is 0 Å². The van der Waals surface area contributed by atoms with Crippen molar-refractivity contribution in [3.63, 3.8) is 0 Å². The number of benzene rings is 2. The van der Waals surface area contributed by atoms with Crippen LogP contribution in [0, 0.1) is 0 Å². The van der Waals surface area contributed by atoms with Crippen molar-refractivity contribution in [3.05, 3.63) is 80.4 Å². The fourth-order valence-electron chi connectivity index (χ4n) is 2.44. The highest BCUT2D eigenvalue weighted by molar-refractivity contribution is 9.10. The summed E-state index contributed by atoms with van der Waals surface area (Å²) < 4.78 is 6.35. The Morgan fingerprint density at radius 1 is 1.15 bits per heavy atom. The van der Waals surface area contributed by atoms with Gasteiger partial charge in [0.15, 0.2) is 0 Å². The summed E-state index contributed by atoms with van der Waals surface area (Å²) >= 11 is 4.79. The van der Waals surface area contributed by atoms with Crippen LogP contribution >= 0.6 is 27.3 Å². The highest BCUT2D eigenvalue weighted by atomic mass is 79.9. The van der Waals surface area contributed by atoms with Crippen LogP contribution in [0.25, 0.3) is 22.2 Å². The summed E-state index contributed by atoms with van der Waals surface area (Å²) in [5.74, 6) is 0. The molecule has 0 radical (unpaired) electrons. The normalized spacial score (nSPS) is 11.3. The Hall–Kier alpha value is -2.77. The lowest BCUT2D eigenvalue weighted by Crippen LogP contribution is -2.02. The van der Waals surface area contributed by atoms with E-state index in [-0.39, 0.29) is 0 Å². The van der Waals surface area contributed by atoms with Crippen LogP contribution in [-0.4, -0.2) is 11.2 Å². The first-order valence-corrected chi connectivity index (χ1v) is 9.40. The van der Waals surface area contributed by atoms with E-state index in [1.54, 1.807) is 23.7 Å². The molecule has 0 aliphatic carbocycles. The number of nitrogens with zero attached hydrogens (tertiary/aromatic N) is 2. The van der Waals surface area contributed by atoms with Gasteiger partial charge in [-0.05, 0) is 29.8 Å². The van der Waals surface area contributed by atoms with E-state index in [2.05, 4.69) is 31.4 Å². The smallest absolute Gasteiger partial charge is 0.345 e. The lowest BCUT2D eigenvalue weighted by Gasteiger charge is -1.99. The molecule has 0 aliphatic rings. The average Bonchev–Trinajstić information content (AvgIpc) is 3.10. The number of hydrogen-bond donors (Lipinski definition) is 1. The van der Waals surface area contributed by atoms with Crippen LogP contribution in [0.5, 0.6) is 0 Å². The van der Waals surface area contributed by atoms with Crippen molar-refractivity contribution < 1.29 is 4.42 Å². The highest BCUT2D eigenvalue weighted by Gasteiger charge is 2.11. The molecule has 26 heavy (non-hydrogen) atoms. The topological polar surface area (TPSA) is 67.5 Å². The third-order valence-corrected chi connectivity index (χ3v) is 4.88. The first-order chi connectivity index (χ1) is 12.7. The van der Waals surface area contributed by atoms with E-state index in [9.17, 15) is 4.79 Å². The first-order valence-electron chi connectivity index (χ1n) is 7.72. The third-order valence-electron chi connectivity index (χ3n) is 3.64. The molecule has 0 saturated carbocycles. The van der Waals surface area contributed by atoms with Crippen molar-refractivity contribution in [2.24, 2.45) is 5.10 Å². The quantitative estimate of drug-likeness (QED) is 0.279. The van der Waals surface area contributed by atoms with E-state index in [1.165, 1.54) is 11.3 Å². The number of anilines is 1. The summed E-state index contributed by atoms with van der Waals surface area (Å²) in [4.78, 5) is 16.6. The first kappa shape index (κ1) is 16.7. The Morgan fingerprint density at radius 2 is 2.04 bits per heavy atom. The Morgan fingerprint density at radius 3 is 2.92 bits per heavy atom. The summed E-state index contributed by atoms with van der Waals surface area (Å²) in [6, 6.07) is 17.0. The van der Waals surface area contributed by atoms with Crippen molar-refractivity contribution >= 4 is 49.6 Å². The van der Waals surface area contributed by atoms with Gasteiger partial charge in [0.1, 0.15) is 5.58 Å². The standard InChI is InChI=1S/C19H12BrN3O2S/c20-14-6-3-4-12(8-14)10-21-23-19-22-16(11-26-19)15-9-13-5-1-2-7-17(13)25-18(15)24/h1-11H,(H,22,23)/b21-10+. The monoisotopic (exact) mass is 425 g/mol. The molecular formula is C19H12BrN3O2S. The van der Waals surface area contributed by atoms with Gasteiger partial charge in [-0.3, -0.25) is 5.43 Å². The second-order valence-electron chi connectivity index (χ2n) is 5.45. The van der Waals surface area contributed by atoms with Crippen LogP contribution in [0.3, 0.4) is 0 Å². The predicted octanol–water partition coefficient (Wildman–Crippen LogP) is 5.13. The molecule has 1 N–H and O–H groups in total. The van der Waals surface area contributed by atoms with E-state index < -0.39 is 5.63 Å². The van der Waals surface area contributed by atoms with Gasteiger partial charge >= 0.3 is 5.63 Å². The minimum absolute atomic E-state index is 0.404. The molecule has 4 aromatic rings. The lowest BCUT2D eigenvalue weighted by molar-refractivity contribution is 0.563. The summed E-state index contributed by atoms with van der Waals surface area (Å²) in [7, 11) is 0. The van der Waals surface area contributed by atoms with E-state index in [4.69, 9.17) is 4.42 Å². The molecule has 0 spiro atoms. The minimum atomic E-state index is -0.404. The molecule has 0 saturated heterocycles. The lowest BCUT2D eigenvalue weighted by atomic mass is 10.1. The second-order valence-corrected chi connectivity index (χ2v) is 7.22. The van der Waals surface area contributed by atoms with E-state index in [0.717, 1.165) is 15.4 Å². The number of rotatable bonds is 4. The number of nitrogens with one attached hydrogen (secondary N) is 1. The van der Waals surface area contributed by atoms with Gasteiger partial charge in [-0.15, -0.1) is 11.3 Å². The molecule has 2 aromatic carbocycles. The van der Waals surface area contributed by atoms with Gasteiger partial charge in [-0.25, -0.2) is 9.78 Å².